The number of carbonyl (C=O) groups excluding carboxylic acids is 1. The van der Waals surface area contributed by atoms with Gasteiger partial charge in [0.05, 0.1) is 17.8 Å². The van der Waals surface area contributed by atoms with Crippen molar-refractivity contribution < 1.29 is 28.2 Å². The summed E-state index contributed by atoms with van der Waals surface area (Å²) in [6.45, 7) is 0.722. The molecular weight excluding hydrogens is 441 g/mol. The Labute approximate surface area is 188 Å². The molecule has 2 aromatic rings. The lowest BCUT2D eigenvalue weighted by Gasteiger charge is -2.42. The fraction of sp³-hybridized carbons (Fsp3) is 0.565. The molecule has 1 aromatic carbocycles. The average Bonchev–Trinajstić information content (AvgIpc) is 3.44. The third-order valence-corrected chi connectivity index (χ3v) is 7.59. The summed E-state index contributed by atoms with van der Waals surface area (Å²) in [5.41, 5.74) is -0.666. The summed E-state index contributed by atoms with van der Waals surface area (Å²) < 4.78 is 39.3. The molecule has 2 fully saturated rings. The molecule has 0 unspecified atom stereocenters. The molecule has 32 heavy (non-hydrogen) atoms. The van der Waals surface area contributed by atoms with Crippen molar-refractivity contribution in [2.75, 3.05) is 6.61 Å². The first kappa shape index (κ1) is 23.2. The molecule has 2 aliphatic carbocycles. The number of thiazole rings is 1. The maximum absolute atomic E-state index is 13.3. The molecule has 174 valence electrons. The summed E-state index contributed by atoms with van der Waals surface area (Å²) in [6, 6.07) is 5.24. The molecule has 4 rings (SSSR count). The van der Waals surface area contributed by atoms with Crippen molar-refractivity contribution >= 4 is 17.2 Å². The van der Waals surface area contributed by atoms with Crippen LogP contribution in [0.25, 0.3) is 0 Å². The summed E-state index contributed by atoms with van der Waals surface area (Å²) >= 11 is 1.50. The fourth-order valence-electron chi connectivity index (χ4n) is 4.64. The molecule has 1 aromatic heterocycles. The van der Waals surface area contributed by atoms with E-state index in [4.69, 9.17) is 0 Å². The van der Waals surface area contributed by atoms with Gasteiger partial charge in [0, 0.05) is 28.4 Å². The number of benzene rings is 1. The van der Waals surface area contributed by atoms with Crippen LogP contribution in [-0.2, 0) is 11.0 Å². The van der Waals surface area contributed by atoms with Gasteiger partial charge in [0.25, 0.3) is 5.91 Å². The largest absolute Gasteiger partial charge is 0.421 e. The van der Waals surface area contributed by atoms with Crippen LogP contribution in [0.3, 0.4) is 0 Å². The van der Waals surface area contributed by atoms with E-state index in [1.54, 1.807) is 5.51 Å². The van der Waals surface area contributed by atoms with Crippen molar-refractivity contribution in [1.29, 1.82) is 0 Å². The summed E-state index contributed by atoms with van der Waals surface area (Å²) in [7, 11) is 0. The lowest BCUT2D eigenvalue weighted by molar-refractivity contribution is -0.258. The van der Waals surface area contributed by atoms with Crippen LogP contribution >= 0.6 is 11.3 Å². The Bertz CT molecular complexity index is 932. The summed E-state index contributed by atoms with van der Waals surface area (Å²) in [5.74, 6) is -0.194. The minimum atomic E-state index is -4.81. The van der Waals surface area contributed by atoms with E-state index in [9.17, 15) is 28.2 Å². The highest BCUT2D eigenvalue weighted by molar-refractivity contribution is 7.07. The molecule has 0 saturated heterocycles. The first-order valence-corrected chi connectivity index (χ1v) is 11.8. The number of hydrogen-bond donors (Lipinski definition) is 2. The van der Waals surface area contributed by atoms with Gasteiger partial charge in [-0.2, -0.15) is 13.2 Å². The molecule has 0 aliphatic heterocycles. The number of aliphatic hydroxyl groups is 2. The molecular formula is C23H27F3N2O3S. The molecule has 0 spiro atoms. The van der Waals surface area contributed by atoms with Gasteiger partial charge in [0.1, 0.15) is 0 Å². The van der Waals surface area contributed by atoms with Gasteiger partial charge in [0.2, 0.25) is 0 Å². The van der Waals surface area contributed by atoms with Crippen LogP contribution in [-0.4, -0.2) is 50.9 Å². The van der Waals surface area contributed by atoms with Gasteiger partial charge in [-0.05, 0) is 63.1 Å². The number of rotatable bonds is 6. The van der Waals surface area contributed by atoms with Gasteiger partial charge in [-0.1, -0.05) is 12.1 Å². The SMILES string of the molecule is C[C@](O)(c1ccc(C(=O)N(C2CC2)[C@H]2CC[C@](CO)(c3cscn3)CC2)cc1)C(F)(F)F. The minimum absolute atomic E-state index is 0.0153. The van der Waals surface area contributed by atoms with Gasteiger partial charge in [-0.25, -0.2) is 4.98 Å². The molecule has 1 atom stereocenters. The van der Waals surface area contributed by atoms with E-state index < -0.39 is 11.8 Å². The van der Waals surface area contributed by atoms with Crippen LogP contribution in [0.4, 0.5) is 13.2 Å². The summed E-state index contributed by atoms with van der Waals surface area (Å²) in [4.78, 5) is 19.6. The van der Waals surface area contributed by atoms with Gasteiger partial charge < -0.3 is 15.1 Å². The Morgan fingerprint density at radius 2 is 1.75 bits per heavy atom. The van der Waals surface area contributed by atoms with Crippen molar-refractivity contribution in [3.8, 4) is 0 Å². The molecule has 9 heteroatoms. The zero-order chi connectivity index (χ0) is 23.1. The zero-order valence-corrected chi connectivity index (χ0v) is 18.6. The van der Waals surface area contributed by atoms with Gasteiger partial charge in [-0.15, -0.1) is 11.3 Å². The van der Waals surface area contributed by atoms with Gasteiger partial charge in [0.15, 0.2) is 5.60 Å². The van der Waals surface area contributed by atoms with Crippen molar-refractivity contribution in [1.82, 2.24) is 9.88 Å². The number of hydrogen-bond acceptors (Lipinski definition) is 5. The molecule has 5 nitrogen and oxygen atoms in total. The number of alkyl halides is 3. The molecule has 1 heterocycles. The number of nitrogens with zero attached hydrogens (tertiary/aromatic N) is 2. The first-order chi connectivity index (χ1) is 15.1. The van der Waals surface area contributed by atoms with E-state index in [0.29, 0.717) is 12.5 Å². The zero-order valence-electron chi connectivity index (χ0n) is 17.8. The van der Waals surface area contributed by atoms with Crippen LogP contribution in [0, 0.1) is 0 Å². The van der Waals surface area contributed by atoms with Gasteiger partial charge >= 0.3 is 6.18 Å². The highest BCUT2D eigenvalue weighted by atomic mass is 32.1. The number of amides is 1. The van der Waals surface area contributed by atoms with Crippen LogP contribution in [0.5, 0.6) is 0 Å². The monoisotopic (exact) mass is 468 g/mol. The maximum atomic E-state index is 13.3. The van der Waals surface area contributed by atoms with Crippen LogP contribution in [0.2, 0.25) is 0 Å². The topological polar surface area (TPSA) is 73.7 Å². The lowest BCUT2D eigenvalue weighted by atomic mass is 9.71. The molecule has 0 bridgehead atoms. The van der Waals surface area contributed by atoms with E-state index in [-0.39, 0.29) is 35.6 Å². The number of halogens is 3. The predicted octanol–water partition coefficient (Wildman–Crippen LogP) is 4.39. The fourth-order valence-corrected chi connectivity index (χ4v) is 5.31. The third-order valence-electron chi connectivity index (χ3n) is 7.00. The van der Waals surface area contributed by atoms with Crippen LogP contribution < -0.4 is 0 Å². The lowest BCUT2D eigenvalue weighted by Crippen LogP contribution is -2.47. The normalized spacial score (nSPS) is 25.9. The smallest absolute Gasteiger partial charge is 0.395 e. The Kier molecular flexibility index (Phi) is 6.11. The molecule has 2 N–H and O–H groups in total. The summed E-state index contributed by atoms with van der Waals surface area (Å²) in [6.07, 6.45) is -0.0518. The van der Waals surface area contributed by atoms with E-state index >= 15 is 0 Å². The number of carbonyl (C=O) groups is 1. The second kappa shape index (κ2) is 8.43. The first-order valence-electron chi connectivity index (χ1n) is 10.8. The van der Waals surface area contributed by atoms with Gasteiger partial charge in [-0.3, -0.25) is 4.79 Å². The standard InChI is InChI=1S/C23H27F3N2O3S/c1-21(31,23(24,25)26)16-4-2-15(3-5-16)20(30)28(17-6-7-17)18-8-10-22(13-29,11-9-18)19-12-32-14-27-19/h2-5,12,14,17-18,29,31H,6-11,13H2,1H3/t18-,21-,22-/m0/s1. The highest BCUT2D eigenvalue weighted by Crippen LogP contribution is 2.43. The molecule has 2 aliphatic rings. The van der Waals surface area contributed by atoms with Crippen molar-refractivity contribution in [3.05, 3.63) is 52.0 Å². The molecule has 0 radical (unpaired) electrons. The predicted molar refractivity (Wildman–Crippen MR) is 114 cm³/mol. The highest BCUT2D eigenvalue weighted by Gasteiger charge is 2.51. The van der Waals surface area contributed by atoms with Crippen LogP contribution in [0.15, 0.2) is 35.2 Å². The van der Waals surface area contributed by atoms with E-state index in [0.717, 1.165) is 44.2 Å². The molecule has 1 amide bonds. The van der Waals surface area contributed by atoms with E-state index in [1.165, 1.54) is 35.6 Å². The minimum Gasteiger partial charge on any atom is -0.395 e. The Hall–Kier alpha value is -1.97. The Morgan fingerprint density at radius 3 is 2.22 bits per heavy atom. The van der Waals surface area contributed by atoms with Crippen molar-refractivity contribution in [2.24, 2.45) is 0 Å². The van der Waals surface area contributed by atoms with Crippen LogP contribution in [0.1, 0.15) is 67.1 Å². The quantitative estimate of drug-likeness (QED) is 0.660. The maximum Gasteiger partial charge on any atom is 0.421 e. The van der Waals surface area contributed by atoms with Crippen molar-refractivity contribution in [2.45, 2.75) is 74.7 Å². The second-order valence-electron chi connectivity index (χ2n) is 9.13. The Balaban J connectivity index is 1.50. The average molecular weight is 469 g/mol. The Morgan fingerprint density at radius 1 is 1.16 bits per heavy atom. The molecule has 2 saturated carbocycles. The summed E-state index contributed by atoms with van der Waals surface area (Å²) in [5, 5.41) is 21.9. The third kappa shape index (κ3) is 4.18. The van der Waals surface area contributed by atoms with E-state index in [1.807, 2.05) is 10.3 Å². The number of aromatic nitrogens is 1. The van der Waals surface area contributed by atoms with E-state index in [2.05, 4.69) is 4.98 Å². The second-order valence-corrected chi connectivity index (χ2v) is 9.85. The van der Waals surface area contributed by atoms with Crippen molar-refractivity contribution in [3.63, 3.8) is 0 Å². The number of aliphatic hydroxyl groups excluding tert-OH is 1.